The van der Waals surface area contributed by atoms with E-state index in [1.807, 2.05) is 6.07 Å². The second kappa shape index (κ2) is 5.74. The van der Waals surface area contributed by atoms with E-state index < -0.39 is 5.91 Å². The summed E-state index contributed by atoms with van der Waals surface area (Å²) in [5, 5.41) is 0.496. The van der Waals surface area contributed by atoms with Crippen LogP contribution in [-0.2, 0) is 5.54 Å². The van der Waals surface area contributed by atoms with Gasteiger partial charge < -0.3 is 10.7 Å². The molecule has 24 heavy (non-hydrogen) atoms. The van der Waals surface area contributed by atoms with Crippen molar-refractivity contribution in [3.8, 4) is 0 Å². The molecule has 5 nitrogen and oxygen atoms in total. The molecule has 0 radical (unpaired) electrons. The number of nitrogens with zero attached hydrogens (tertiary/aromatic N) is 2. The number of nitrogens with two attached hydrogens (primary N) is 1. The van der Waals surface area contributed by atoms with E-state index in [1.54, 1.807) is 6.07 Å². The fourth-order valence-corrected chi connectivity index (χ4v) is 4.78. The molecule has 1 saturated carbocycles. The summed E-state index contributed by atoms with van der Waals surface area (Å²) < 4.78 is 0. The lowest BCUT2D eigenvalue weighted by atomic mass is 9.96. The summed E-state index contributed by atoms with van der Waals surface area (Å²) in [7, 11) is 0. The molecule has 0 unspecified atom stereocenters. The van der Waals surface area contributed by atoms with Crippen molar-refractivity contribution in [1.82, 2.24) is 14.9 Å². The number of hydrogen-bond acceptors (Lipinski definition) is 3. The van der Waals surface area contributed by atoms with E-state index in [-0.39, 0.29) is 5.54 Å². The van der Waals surface area contributed by atoms with Crippen molar-refractivity contribution >= 4 is 28.5 Å². The summed E-state index contributed by atoms with van der Waals surface area (Å²) in [4.78, 5) is 22.6. The van der Waals surface area contributed by atoms with E-state index in [1.165, 1.54) is 32.1 Å². The van der Waals surface area contributed by atoms with E-state index in [0.29, 0.717) is 22.1 Å². The molecule has 128 valence electrons. The van der Waals surface area contributed by atoms with Crippen LogP contribution < -0.4 is 5.73 Å². The number of rotatable bonds is 3. The van der Waals surface area contributed by atoms with E-state index in [0.717, 1.165) is 24.3 Å². The summed E-state index contributed by atoms with van der Waals surface area (Å²) in [6.45, 7) is 3.38. The third-order valence-corrected chi connectivity index (χ3v) is 6.01. The Morgan fingerprint density at radius 3 is 2.83 bits per heavy atom. The first-order valence-electron chi connectivity index (χ1n) is 8.75. The van der Waals surface area contributed by atoms with Crippen LogP contribution in [0.3, 0.4) is 0 Å². The molecule has 2 aliphatic rings. The van der Waals surface area contributed by atoms with Crippen LogP contribution in [0.2, 0.25) is 5.02 Å². The van der Waals surface area contributed by atoms with Gasteiger partial charge in [-0.2, -0.15) is 0 Å². The third-order valence-electron chi connectivity index (χ3n) is 5.79. The molecule has 3 N–H and O–H groups in total. The first kappa shape index (κ1) is 15.9. The molecule has 0 bridgehead atoms. The number of primary amides is 1. The molecule has 4 rings (SSSR count). The van der Waals surface area contributed by atoms with Crippen molar-refractivity contribution < 1.29 is 4.79 Å². The molecule has 2 fully saturated rings. The fourth-order valence-electron chi connectivity index (χ4n) is 4.57. The van der Waals surface area contributed by atoms with Gasteiger partial charge in [0.05, 0.1) is 16.6 Å². The van der Waals surface area contributed by atoms with E-state index in [4.69, 9.17) is 22.3 Å². The Morgan fingerprint density at radius 2 is 2.12 bits per heavy atom. The van der Waals surface area contributed by atoms with Crippen LogP contribution in [0.25, 0.3) is 11.0 Å². The maximum atomic E-state index is 11.8. The molecule has 1 aliphatic carbocycles. The van der Waals surface area contributed by atoms with Crippen molar-refractivity contribution in [2.24, 2.45) is 5.73 Å². The number of benzene rings is 1. The zero-order valence-electron chi connectivity index (χ0n) is 13.9. The van der Waals surface area contributed by atoms with Crippen LogP contribution in [0.1, 0.15) is 61.6 Å². The average molecular weight is 347 g/mol. The molecular formula is C18H23ClN4O. The normalized spacial score (nSPS) is 25.8. The van der Waals surface area contributed by atoms with Crippen molar-refractivity contribution in [3.05, 3.63) is 28.5 Å². The number of carbonyl (C=O) groups excluding carboxylic acids is 1. The highest BCUT2D eigenvalue weighted by atomic mass is 35.5. The van der Waals surface area contributed by atoms with Crippen LogP contribution in [0.15, 0.2) is 12.1 Å². The lowest BCUT2D eigenvalue weighted by Crippen LogP contribution is -2.45. The standard InChI is InChI=1S/C18H23ClN4O/c1-18(7-4-8-23(18)12-5-2-3-6-12)17-21-14-10-11(19)9-13(16(20)24)15(14)22-17/h9-10,12H,2-8H2,1H3,(H2,20,24)(H,21,22)/t18-/m0/s1. The molecule has 2 aromatic rings. The fraction of sp³-hybridized carbons (Fsp3) is 0.556. The zero-order chi connectivity index (χ0) is 16.9. The minimum Gasteiger partial charge on any atom is -0.366 e. The summed E-state index contributed by atoms with van der Waals surface area (Å²) in [5.41, 5.74) is 7.19. The zero-order valence-corrected chi connectivity index (χ0v) is 14.7. The number of aromatic nitrogens is 2. The molecular weight excluding hydrogens is 324 g/mol. The van der Waals surface area contributed by atoms with Gasteiger partial charge in [0.2, 0.25) is 0 Å². The molecule has 1 aromatic carbocycles. The molecule has 1 atom stereocenters. The third kappa shape index (κ3) is 2.42. The van der Waals surface area contributed by atoms with Gasteiger partial charge >= 0.3 is 0 Å². The van der Waals surface area contributed by atoms with Crippen LogP contribution in [0.5, 0.6) is 0 Å². The van der Waals surface area contributed by atoms with Crippen molar-refractivity contribution in [1.29, 1.82) is 0 Å². The maximum Gasteiger partial charge on any atom is 0.251 e. The van der Waals surface area contributed by atoms with Crippen LogP contribution >= 0.6 is 11.6 Å². The number of fused-ring (bicyclic) bond motifs is 1. The monoisotopic (exact) mass is 346 g/mol. The highest BCUT2D eigenvalue weighted by molar-refractivity contribution is 6.32. The second-order valence-electron chi connectivity index (χ2n) is 7.31. The molecule has 1 aromatic heterocycles. The minimum atomic E-state index is -0.496. The van der Waals surface area contributed by atoms with Gasteiger partial charge in [-0.25, -0.2) is 4.98 Å². The largest absolute Gasteiger partial charge is 0.366 e. The van der Waals surface area contributed by atoms with E-state index in [9.17, 15) is 4.79 Å². The van der Waals surface area contributed by atoms with Gasteiger partial charge in [-0.15, -0.1) is 0 Å². The van der Waals surface area contributed by atoms with E-state index >= 15 is 0 Å². The lowest BCUT2D eigenvalue weighted by Gasteiger charge is -2.38. The minimum absolute atomic E-state index is 0.116. The highest BCUT2D eigenvalue weighted by Crippen LogP contribution is 2.42. The van der Waals surface area contributed by atoms with Gasteiger partial charge in [-0.05, 0) is 51.3 Å². The summed E-state index contributed by atoms with van der Waals surface area (Å²) in [6.07, 6.45) is 7.43. The topological polar surface area (TPSA) is 75.0 Å². The Bertz CT molecular complexity index is 796. The van der Waals surface area contributed by atoms with Gasteiger partial charge in [0.15, 0.2) is 0 Å². The van der Waals surface area contributed by atoms with Crippen molar-refractivity contribution in [2.75, 3.05) is 6.54 Å². The predicted molar refractivity (Wildman–Crippen MR) is 95.2 cm³/mol. The van der Waals surface area contributed by atoms with Crippen LogP contribution in [-0.4, -0.2) is 33.4 Å². The summed E-state index contributed by atoms with van der Waals surface area (Å²) in [6, 6.07) is 4.06. The number of imidazole rings is 1. The average Bonchev–Trinajstić information content (AvgIpc) is 3.24. The van der Waals surface area contributed by atoms with Crippen LogP contribution in [0.4, 0.5) is 0 Å². The van der Waals surface area contributed by atoms with Gasteiger partial charge in [0.1, 0.15) is 11.3 Å². The first-order chi connectivity index (χ1) is 11.5. The smallest absolute Gasteiger partial charge is 0.251 e. The molecule has 1 aliphatic heterocycles. The van der Waals surface area contributed by atoms with Gasteiger partial charge in [0.25, 0.3) is 5.91 Å². The molecule has 2 heterocycles. The number of likely N-dealkylation sites (tertiary alicyclic amines) is 1. The number of amides is 1. The SMILES string of the molecule is C[C@@]1(c2nc3c(C(N)=O)cc(Cl)cc3[nH]2)CCCN1C1CCCC1. The van der Waals surface area contributed by atoms with Gasteiger partial charge in [-0.3, -0.25) is 9.69 Å². The van der Waals surface area contributed by atoms with Crippen molar-refractivity contribution in [2.45, 2.75) is 57.0 Å². The van der Waals surface area contributed by atoms with Crippen LogP contribution in [0, 0.1) is 0 Å². The Morgan fingerprint density at radius 1 is 1.38 bits per heavy atom. The number of aromatic amines is 1. The quantitative estimate of drug-likeness (QED) is 0.892. The van der Waals surface area contributed by atoms with Gasteiger partial charge in [0, 0.05) is 11.1 Å². The summed E-state index contributed by atoms with van der Waals surface area (Å²) in [5.74, 6) is 0.427. The predicted octanol–water partition coefficient (Wildman–Crippen LogP) is 3.57. The number of H-pyrrole nitrogens is 1. The van der Waals surface area contributed by atoms with Crippen molar-refractivity contribution in [3.63, 3.8) is 0 Å². The number of nitrogens with one attached hydrogen (secondary N) is 1. The lowest BCUT2D eigenvalue weighted by molar-refractivity contribution is 0.0947. The second-order valence-corrected chi connectivity index (χ2v) is 7.74. The molecule has 6 heteroatoms. The van der Waals surface area contributed by atoms with E-state index in [2.05, 4.69) is 16.8 Å². The Kier molecular flexibility index (Phi) is 3.81. The molecule has 1 amide bonds. The summed E-state index contributed by atoms with van der Waals surface area (Å²) >= 11 is 6.14. The Labute approximate surface area is 146 Å². The molecule has 0 spiro atoms. The maximum absolute atomic E-state index is 11.8. The Balaban J connectivity index is 1.80. The number of hydrogen-bond donors (Lipinski definition) is 2. The molecule has 1 saturated heterocycles. The Hall–Kier alpha value is -1.59. The number of carbonyl (C=O) groups is 1. The van der Waals surface area contributed by atoms with Gasteiger partial charge in [-0.1, -0.05) is 24.4 Å². The number of halogens is 1. The highest BCUT2D eigenvalue weighted by Gasteiger charge is 2.44. The first-order valence-corrected chi connectivity index (χ1v) is 9.13.